The molecule has 152 valence electrons. The van der Waals surface area contributed by atoms with E-state index >= 15 is 0 Å². The summed E-state index contributed by atoms with van der Waals surface area (Å²) in [6, 6.07) is 9.85. The number of H-pyrrole nitrogens is 1. The van der Waals surface area contributed by atoms with Gasteiger partial charge in [0.25, 0.3) is 5.91 Å². The van der Waals surface area contributed by atoms with Gasteiger partial charge >= 0.3 is 6.36 Å². The van der Waals surface area contributed by atoms with Crippen molar-refractivity contribution in [3.8, 4) is 5.75 Å². The van der Waals surface area contributed by atoms with E-state index in [0.29, 0.717) is 24.5 Å². The standard InChI is InChI=1S/C19H23F3N4O2/c1-25(2)18(27)17-7-6-13(24-17)11-23-14-8-9-26(12-14)15-4-3-5-16(10-15)28-19(20,21)22/h3-7,10,14,23-24H,8-9,11-12H2,1-2H3. The number of anilines is 1. The molecule has 0 radical (unpaired) electrons. The van der Waals surface area contributed by atoms with Gasteiger partial charge in [-0.2, -0.15) is 0 Å². The zero-order valence-electron chi connectivity index (χ0n) is 15.7. The third-order valence-corrected chi connectivity index (χ3v) is 4.57. The van der Waals surface area contributed by atoms with Crippen molar-refractivity contribution < 1.29 is 22.7 Å². The third-order valence-electron chi connectivity index (χ3n) is 4.57. The number of rotatable bonds is 6. The maximum atomic E-state index is 12.4. The van der Waals surface area contributed by atoms with Crippen LogP contribution in [0.2, 0.25) is 0 Å². The second kappa shape index (κ2) is 8.14. The molecule has 1 saturated heterocycles. The predicted molar refractivity (Wildman–Crippen MR) is 99.4 cm³/mol. The largest absolute Gasteiger partial charge is 0.573 e. The number of benzene rings is 1. The molecule has 2 N–H and O–H groups in total. The lowest BCUT2D eigenvalue weighted by atomic mass is 10.2. The Morgan fingerprint density at radius 3 is 2.82 bits per heavy atom. The lowest BCUT2D eigenvalue weighted by molar-refractivity contribution is -0.274. The highest BCUT2D eigenvalue weighted by molar-refractivity contribution is 5.92. The summed E-state index contributed by atoms with van der Waals surface area (Å²) >= 11 is 0. The van der Waals surface area contributed by atoms with Gasteiger partial charge in [-0.25, -0.2) is 0 Å². The molecule has 1 aliphatic heterocycles. The molecule has 1 aromatic heterocycles. The first-order valence-corrected chi connectivity index (χ1v) is 8.95. The number of ether oxygens (including phenoxy) is 1. The number of carbonyl (C=O) groups excluding carboxylic acids is 1. The van der Waals surface area contributed by atoms with E-state index in [1.165, 1.54) is 17.0 Å². The van der Waals surface area contributed by atoms with Crippen LogP contribution in [0.25, 0.3) is 0 Å². The molecular weight excluding hydrogens is 373 g/mol. The number of halogens is 3. The number of nitrogens with zero attached hydrogens (tertiary/aromatic N) is 2. The smallest absolute Gasteiger partial charge is 0.406 e. The minimum Gasteiger partial charge on any atom is -0.406 e. The van der Waals surface area contributed by atoms with Crippen LogP contribution < -0.4 is 15.0 Å². The van der Waals surface area contributed by atoms with Crippen LogP contribution in [0.1, 0.15) is 22.6 Å². The minimum atomic E-state index is -4.70. The fourth-order valence-electron chi connectivity index (χ4n) is 3.20. The van der Waals surface area contributed by atoms with Crippen LogP contribution in [-0.4, -0.2) is 55.4 Å². The number of aromatic amines is 1. The fraction of sp³-hybridized carbons (Fsp3) is 0.421. The van der Waals surface area contributed by atoms with Gasteiger partial charge in [0, 0.05) is 57.2 Å². The molecule has 1 aromatic carbocycles. The summed E-state index contributed by atoms with van der Waals surface area (Å²) in [6.07, 6.45) is -3.83. The first kappa shape index (κ1) is 20.1. The van der Waals surface area contributed by atoms with Gasteiger partial charge in [0.05, 0.1) is 0 Å². The summed E-state index contributed by atoms with van der Waals surface area (Å²) in [5.74, 6) is -0.301. The molecule has 6 nitrogen and oxygen atoms in total. The first-order valence-electron chi connectivity index (χ1n) is 8.95. The van der Waals surface area contributed by atoms with Crippen molar-refractivity contribution in [2.24, 2.45) is 0 Å². The van der Waals surface area contributed by atoms with Crippen molar-refractivity contribution in [3.63, 3.8) is 0 Å². The molecular formula is C19H23F3N4O2. The van der Waals surface area contributed by atoms with Gasteiger partial charge in [-0.05, 0) is 30.7 Å². The van der Waals surface area contributed by atoms with E-state index in [4.69, 9.17) is 0 Å². The maximum absolute atomic E-state index is 12.4. The van der Waals surface area contributed by atoms with Crippen molar-refractivity contribution in [2.45, 2.75) is 25.4 Å². The molecule has 1 fully saturated rings. The van der Waals surface area contributed by atoms with Crippen molar-refractivity contribution >= 4 is 11.6 Å². The Balaban J connectivity index is 1.53. The Kier molecular flexibility index (Phi) is 5.83. The topological polar surface area (TPSA) is 60.6 Å². The average Bonchev–Trinajstić information content (AvgIpc) is 3.27. The van der Waals surface area contributed by atoms with Crippen LogP contribution in [0.5, 0.6) is 5.75 Å². The van der Waals surface area contributed by atoms with Gasteiger partial charge in [-0.1, -0.05) is 6.07 Å². The Labute approximate surface area is 161 Å². The van der Waals surface area contributed by atoms with E-state index in [1.807, 2.05) is 11.0 Å². The summed E-state index contributed by atoms with van der Waals surface area (Å²) in [4.78, 5) is 18.6. The molecule has 0 spiro atoms. The average molecular weight is 396 g/mol. The molecule has 2 aromatic rings. The minimum absolute atomic E-state index is 0.0840. The van der Waals surface area contributed by atoms with Crippen molar-refractivity contribution in [1.82, 2.24) is 15.2 Å². The highest BCUT2D eigenvalue weighted by Crippen LogP contribution is 2.28. The number of nitrogens with one attached hydrogen (secondary N) is 2. The van der Waals surface area contributed by atoms with Gasteiger partial charge in [0.15, 0.2) is 0 Å². The van der Waals surface area contributed by atoms with Crippen LogP contribution in [0.4, 0.5) is 18.9 Å². The Morgan fingerprint density at radius 2 is 2.11 bits per heavy atom. The second-order valence-electron chi connectivity index (χ2n) is 6.95. The third kappa shape index (κ3) is 5.19. The van der Waals surface area contributed by atoms with Crippen LogP contribution >= 0.6 is 0 Å². The van der Waals surface area contributed by atoms with E-state index in [9.17, 15) is 18.0 Å². The lowest BCUT2D eigenvalue weighted by Gasteiger charge is -2.20. The van der Waals surface area contributed by atoms with E-state index in [0.717, 1.165) is 18.7 Å². The molecule has 28 heavy (non-hydrogen) atoms. The zero-order valence-corrected chi connectivity index (χ0v) is 15.7. The Bertz CT molecular complexity index is 820. The number of hydrogen-bond acceptors (Lipinski definition) is 4. The number of aromatic nitrogens is 1. The van der Waals surface area contributed by atoms with Crippen LogP contribution in [0.15, 0.2) is 36.4 Å². The van der Waals surface area contributed by atoms with Gasteiger partial charge in [-0.15, -0.1) is 13.2 Å². The monoisotopic (exact) mass is 396 g/mol. The summed E-state index contributed by atoms with van der Waals surface area (Å²) in [7, 11) is 3.39. The summed E-state index contributed by atoms with van der Waals surface area (Å²) in [6.45, 7) is 2.00. The van der Waals surface area contributed by atoms with Crippen LogP contribution in [0.3, 0.4) is 0 Å². The number of hydrogen-bond donors (Lipinski definition) is 2. The van der Waals surface area contributed by atoms with Crippen molar-refractivity contribution in [2.75, 3.05) is 32.1 Å². The fourth-order valence-corrected chi connectivity index (χ4v) is 3.20. The van der Waals surface area contributed by atoms with Gasteiger partial charge in [-0.3, -0.25) is 4.79 Å². The molecule has 2 heterocycles. The predicted octanol–water partition coefficient (Wildman–Crippen LogP) is 2.98. The Hall–Kier alpha value is -2.68. The molecule has 0 aliphatic carbocycles. The molecule has 3 rings (SSSR count). The highest BCUT2D eigenvalue weighted by atomic mass is 19.4. The van der Waals surface area contributed by atoms with Crippen LogP contribution in [0, 0.1) is 0 Å². The molecule has 0 saturated carbocycles. The lowest BCUT2D eigenvalue weighted by Crippen LogP contribution is -2.32. The SMILES string of the molecule is CN(C)C(=O)c1ccc(CNC2CCN(c3cccc(OC(F)(F)F)c3)C2)[nH]1. The summed E-state index contributed by atoms with van der Waals surface area (Å²) < 4.78 is 41.2. The number of alkyl halides is 3. The Morgan fingerprint density at radius 1 is 1.32 bits per heavy atom. The van der Waals surface area contributed by atoms with Crippen molar-refractivity contribution in [1.29, 1.82) is 0 Å². The van der Waals surface area contributed by atoms with E-state index in [-0.39, 0.29) is 17.7 Å². The molecule has 1 amide bonds. The van der Waals surface area contributed by atoms with E-state index < -0.39 is 6.36 Å². The highest BCUT2D eigenvalue weighted by Gasteiger charge is 2.31. The molecule has 1 atom stereocenters. The molecule has 1 aliphatic rings. The first-order chi connectivity index (χ1) is 13.2. The zero-order chi connectivity index (χ0) is 20.3. The summed E-state index contributed by atoms with van der Waals surface area (Å²) in [5.41, 5.74) is 2.14. The summed E-state index contributed by atoms with van der Waals surface area (Å²) in [5, 5.41) is 3.42. The molecule has 1 unspecified atom stereocenters. The second-order valence-corrected chi connectivity index (χ2v) is 6.95. The van der Waals surface area contributed by atoms with Crippen molar-refractivity contribution in [3.05, 3.63) is 47.8 Å². The normalized spacial score (nSPS) is 17.0. The quantitative estimate of drug-likeness (QED) is 0.788. The van der Waals surface area contributed by atoms with E-state index in [2.05, 4.69) is 15.0 Å². The van der Waals surface area contributed by atoms with E-state index in [1.54, 1.807) is 32.3 Å². The van der Waals surface area contributed by atoms with Gasteiger partial charge in [0.1, 0.15) is 11.4 Å². The van der Waals surface area contributed by atoms with Crippen LogP contribution in [-0.2, 0) is 6.54 Å². The molecule has 0 bridgehead atoms. The van der Waals surface area contributed by atoms with Gasteiger partial charge < -0.3 is 24.8 Å². The number of carbonyl (C=O) groups is 1. The molecule has 9 heteroatoms. The maximum Gasteiger partial charge on any atom is 0.573 e. The number of amides is 1. The van der Waals surface area contributed by atoms with Gasteiger partial charge in [0.2, 0.25) is 0 Å².